The summed E-state index contributed by atoms with van der Waals surface area (Å²) in [4.78, 5) is 20.5. The first-order valence-electron chi connectivity index (χ1n) is 8.72. The van der Waals surface area contributed by atoms with E-state index in [1.807, 2.05) is 19.1 Å². The minimum atomic E-state index is -0.364. The molecule has 0 radical (unpaired) electrons. The molecule has 0 aromatic carbocycles. The molecule has 0 saturated carbocycles. The van der Waals surface area contributed by atoms with Crippen molar-refractivity contribution in [1.29, 1.82) is 0 Å². The first kappa shape index (κ1) is 18.2. The Balaban J connectivity index is 1.58. The maximum Gasteiger partial charge on any atom is 0.239 e. The molecule has 0 bridgehead atoms. The number of rotatable bonds is 7. The fraction of sp³-hybridized carbons (Fsp3) is 0.211. The molecule has 1 unspecified atom stereocenters. The first-order chi connectivity index (χ1) is 13.6. The van der Waals surface area contributed by atoms with Crippen LogP contribution in [-0.2, 0) is 4.79 Å². The second-order valence-electron chi connectivity index (χ2n) is 6.05. The molecule has 0 spiro atoms. The van der Waals surface area contributed by atoms with Crippen molar-refractivity contribution in [2.24, 2.45) is 0 Å². The maximum absolute atomic E-state index is 12.6. The van der Waals surface area contributed by atoms with Gasteiger partial charge < -0.3 is 23.7 Å². The van der Waals surface area contributed by atoms with Gasteiger partial charge in [0, 0.05) is 6.07 Å². The lowest BCUT2D eigenvalue weighted by Gasteiger charge is -2.11. The Morgan fingerprint density at radius 1 is 1.25 bits per heavy atom. The first-order valence-corrected chi connectivity index (χ1v) is 9.60. The highest BCUT2D eigenvalue weighted by molar-refractivity contribution is 8.00. The summed E-state index contributed by atoms with van der Waals surface area (Å²) in [7, 11) is 0. The molecule has 0 saturated heterocycles. The van der Waals surface area contributed by atoms with Crippen LogP contribution in [-0.4, -0.2) is 26.3 Å². The highest BCUT2D eigenvalue weighted by Crippen LogP contribution is 2.35. The van der Waals surface area contributed by atoms with E-state index in [2.05, 4.69) is 20.4 Å². The van der Waals surface area contributed by atoms with Crippen molar-refractivity contribution in [2.75, 3.05) is 5.32 Å². The van der Waals surface area contributed by atoms with Crippen molar-refractivity contribution < 1.29 is 18.2 Å². The molecule has 2 N–H and O–H groups in total. The number of amides is 1. The second-order valence-corrected chi connectivity index (χ2v) is 7.24. The number of carbonyl (C=O) groups is 1. The number of hydrogen-bond donors (Lipinski definition) is 2. The van der Waals surface area contributed by atoms with Gasteiger partial charge in [0.1, 0.15) is 17.1 Å². The van der Waals surface area contributed by atoms with Gasteiger partial charge in [-0.05, 0) is 37.6 Å². The van der Waals surface area contributed by atoms with Crippen LogP contribution in [0.5, 0.6) is 0 Å². The minimum Gasteiger partial charge on any atom is -0.463 e. The Morgan fingerprint density at radius 3 is 2.61 bits per heavy atom. The van der Waals surface area contributed by atoms with Crippen LogP contribution >= 0.6 is 11.8 Å². The van der Waals surface area contributed by atoms with Gasteiger partial charge in [0.05, 0.1) is 17.8 Å². The van der Waals surface area contributed by atoms with Gasteiger partial charge in [-0.1, -0.05) is 23.8 Å². The number of aromatic amines is 1. The van der Waals surface area contributed by atoms with Crippen LogP contribution in [0.3, 0.4) is 0 Å². The van der Waals surface area contributed by atoms with Crippen LogP contribution in [0.15, 0.2) is 61.4 Å². The van der Waals surface area contributed by atoms with Gasteiger partial charge >= 0.3 is 0 Å². The van der Waals surface area contributed by atoms with Gasteiger partial charge in [0.2, 0.25) is 5.91 Å². The lowest BCUT2D eigenvalue weighted by molar-refractivity contribution is -0.115. The van der Waals surface area contributed by atoms with E-state index >= 15 is 0 Å². The van der Waals surface area contributed by atoms with Gasteiger partial charge in [0.15, 0.2) is 22.5 Å². The molecule has 28 heavy (non-hydrogen) atoms. The average molecular weight is 398 g/mol. The van der Waals surface area contributed by atoms with E-state index in [0.717, 1.165) is 0 Å². The number of aryl methyl sites for hydroxylation is 1. The summed E-state index contributed by atoms with van der Waals surface area (Å²) < 4.78 is 16.0. The number of hydrogen-bond acceptors (Lipinski definition) is 7. The summed E-state index contributed by atoms with van der Waals surface area (Å²) >= 11 is 1.33. The van der Waals surface area contributed by atoms with Gasteiger partial charge in [0.25, 0.3) is 0 Å². The van der Waals surface area contributed by atoms with E-state index in [1.165, 1.54) is 11.8 Å². The van der Waals surface area contributed by atoms with Gasteiger partial charge in [-0.15, -0.1) is 0 Å². The number of furan rings is 2. The average Bonchev–Trinajstić information content (AvgIpc) is 3.45. The van der Waals surface area contributed by atoms with E-state index in [4.69, 9.17) is 13.4 Å². The molecule has 1 atom stereocenters. The second kappa shape index (κ2) is 7.81. The third-order valence-corrected chi connectivity index (χ3v) is 5.25. The molecular weight excluding hydrogens is 380 g/mol. The Kier molecular flexibility index (Phi) is 5.07. The number of aromatic nitrogens is 3. The Labute approximate surface area is 164 Å². The number of thioether (sulfide) groups is 1. The molecule has 8 nitrogen and oxygen atoms in total. The molecule has 4 rings (SSSR count). The predicted octanol–water partition coefficient (Wildman–Crippen LogP) is 4.74. The monoisotopic (exact) mass is 398 g/mol. The number of H-pyrrole nitrogens is 1. The van der Waals surface area contributed by atoms with Crippen LogP contribution in [0.25, 0.3) is 22.9 Å². The van der Waals surface area contributed by atoms with Crippen molar-refractivity contribution >= 4 is 23.5 Å². The van der Waals surface area contributed by atoms with Crippen LogP contribution in [0.2, 0.25) is 0 Å². The Hall–Kier alpha value is -3.20. The van der Waals surface area contributed by atoms with Crippen LogP contribution in [0.4, 0.5) is 5.82 Å². The molecule has 0 aliphatic heterocycles. The molecule has 4 aromatic rings. The SMILES string of the molecule is CCC(Sc1nc(-c2ccco2)c(-c2ccco2)[nH]1)C(=O)Nc1cc(C)on1. The highest BCUT2D eigenvalue weighted by Gasteiger charge is 2.24. The van der Waals surface area contributed by atoms with Crippen molar-refractivity contribution in [1.82, 2.24) is 15.1 Å². The molecule has 0 aliphatic rings. The normalized spacial score (nSPS) is 12.2. The molecule has 0 aliphatic carbocycles. The minimum absolute atomic E-state index is 0.170. The third-order valence-electron chi connectivity index (χ3n) is 4.00. The van der Waals surface area contributed by atoms with E-state index in [-0.39, 0.29) is 11.2 Å². The number of carbonyl (C=O) groups excluding carboxylic acids is 1. The zero-order valence-electron chi connectivity index (χ0n) is 15.3. The van der Waals surface area contributed by atoms with Crippen molar-refractivity contribution in [2.45, 2.75) is 30.7 Å². The lowest BCUT2D eigenvalue weighted by atomic mass is 10.2. The number of imidazole rings is 1. The summed E-state index contributed by atoms with van der Waals surface area (Å²) in [6.07, 6.45) is 3.79. The summed E-state index contributed by atoms with van der Waals surface area (Å²) in [6.45, 7) is 3.71. The number of anilines is 1. The highest BCUT2D eigenvalue weighted by atomic mass is 32.2. The molecular formula is C19H18N4O4S. The summed E-state index contributed by atoms with van der Waals surface area (Å²) in [5.41, 5.74) is 1.33. The van der Waals surface area contributed by atoms with E-state index < -0.39 is 0 Å². The third kappa shape index (κ3) is 3.74. The van der Waals surface area contributed by atoms with Crippen molar-refractivity contribution in [3.8, 4) is 22.9 Å². The van der Waals surface area contributed by atoms with Crippen LogP contribution in [0, 0.1) is 6.92 Å². The zero-order chi connectivity index (χ0) is 19.5. The van der Waals surface area contributed by atoms with Crippen LogP contribution in [0.1, 0.15) is 19.1 Å². The Morgan fingerprint density at radius 2 is 2.00 bits per heavy atom. The van der Waals surface area contributed by atoms with Crippen molar-refractivity contribution in [3.05, 3.63) is 48.6 Å². The summed E-state index contributed by atoms with van der Waals surface area (Å²) in [6, 6.07) is 8.94. The quantitative estimate of drug-likeness (QED) is 0.433. The predicted molar refractivity (Wildman–Crippen MR) is 104 cm³/mol. The van der Waals surface area contributed by atoms with Gasteiger partial charge in [-0.25, -0.2) is 4.98 Å². The molecule has 4 heterocycles. The smallest absolute Gasteiger partial charge is 0.239 e. The van der Waals surface area contributed by atoms with Crippen LogP contribution < -0.4 is 5.32 Å². The molecule has 4 aromatic heterocycles. The fourth-order valence-electron chi connectivity index (χ4n) is 2.69. The van der Waals surface area contributed by atoms with Crippen molar-refractivity contribution in [3.63, 3.8) is 0 Å². The number of nitrogens with one attached hydrogen (secondary N) is 2. The topological polar surface area (TPSA) is 110 Å². The Bertz CT molecular complexity index is 998. The molecule has 144 valence electrons. The number of nitrogens with zero attached hydrogens (tertiary/aromatic N) is 2. The zero-order valence-corrected chi connectivity index (χ0v) is 16.1. The summed E-state index contributed by atoms with van der Waals surface area (Å²) in [5, 5.41) is 6.80. The summed E-state index contributed by atoms with van der Waals surface area (Å²) in [5.74, 6) is 2.12. The van der Waals surface area contributed by atoms with E-state index in [9.17, 15) is 4.79 Å². The fourth-order valence-corrected chi connectivity index (χ4v) is 3.59. The van der Waals surface area contributed by atoms with Gasteiger partial charge in [-0.3, -0.25) is 4.79 Å². The van der Waals surface area contributed by atoms with Gasteiger partial charge in [-0.2, -0.15) is 0 Å². The lowest BCUT2D eigenvalue weighted by Crippen LogP contribution is -2.24. The molecule has 9 heteroatoms. The molecule has 1 amide bonds. The van der Waals surface area contributed by atoms with E-state index in [0.29, 0.717) is 46.1 Å². The standard InChI is InChI=1S/C19H18N4O4S/c1-3-14(18(24)20-15-10-11(2)27-23-15)28-19-21-16(12-6-4-8-25-12)17(22-19)13-7-5-9-26-13/h4-10,14H,3H2,1-2H3,(H,21,22)(H,20,23,24). The molecule has 0 fully saturated rings. The maximum atomic E-state index is 12.6. The van der Waals surface area contributed by atoms with E-state index in [1.54, 1.807) is 37.6 Å². The largest absolute Gasteiger partial charge is 0.463 e.